The molecule has 1 saturated carbocycles. The van der Waals surface area contributed by atoms with E-state index in [1.54, 1.807) is 4.90 Å². The number of nitrogens with one attached hydrogen (secondary N) is 1. The highest BCUT2D eigenvalue weighted by Gasteiger charge is 2.29. The minimum atomic E-state index is -0.339. The maximum absolute atomic E-state index is 12.2. The van der Waals surface area contributed by atoms with Crippen molar-refractivity contribution >= 4 is 6.03 Å². The van der Waals surface area contributed by atoms with E-state index in [1.165, 1.54) is 25.7 Å². The number of nitrogens with zero attached hydrogens (tertiary/aromatic N) is 2. The van der Waals surface area contributed by atoms with Crippen LogP contribution in [-0.2, 0) is 0 Å². The number of hydrogen-bond donors (Lipinski definition) is 2. The fourth-order valence-corrected chi connectivity index (χ4v) is 4.08. The summed E-state index contributed by atoms with van der Waals surface area (Å²) in [6.07, 6.45) is 9.03. The van der Waals surface area contributed by atoms with E-state index in [9.17, 15) is 9.90 Å². The predicted molar refractivity (Wildman–Crippen MR) is 82.2 cm³/mol. The molecular formula is C16H29N3O2. The second-order valence-corrected chi connectivity index (χ2v) is 6.94. The summed E-state index contributed by atoms with van der Waals surface area (Å²) in [6, 6.07) is 1.14. The van der Waals surface area contributed by atoms with Gasteiger partial charge in [-0.2, -0.15) is 0 Å². The summed E-state index contributed by atoms with van der Waals surface area (Å²) < 4.78 is 0. The molecule has 2 heterocycles. The first-order chi connectivity index (χ1) is 10.2. The number of rotatable bonds is 2. The number of carbonyl (C=O) groups is 1. The van der Waals surface area contributed by atoms with Crippen LogP contribution < -0.4 is 5.32 Å². The zero-order valence-electron chi connectivity index (χ0n) is 13.0. The standard InChI is InChI=1S/C16H29N3O2/c20-15-6-3-9-19(12-15)16(21)17-13-7-10-18(11-8-13)14-4-1-2-5-14/h13-15,20H,1-12H2,(H,17,21). The quantitative estimate of drug-likeness (QED) is 0.813. The third-order valence-corrected chi connectivity index (χ3v) is 5.38. The molecule has 2 N–H and O–H groups in total. The van der Waals surface area contributed by atoms with Gasteiger partial charge in [0, 0.05) is 38.3 Å². The molecule has 0 aromatic carbocycles. The lowest BCUT2D eigenvalue weighted by Crippen LogP contribution is -2.53. The van der Waals surface area contributed by atoms with Crippen LogP contribution in [0.1, 0.15) is 51.4 Å². The molecule has 3 aliphatic rings. The smallest absolute Gasteiger partial charge is 0.317 e. The van der Waals surface area contributed by atoms with Gasteiger partial charge in [-0.25, -0.2) is 4.79 Å². The second kappa shape index (κ2) is 6.97. The third-order valence-electron chi connectivity index (χ3n) is 5.38. The molecule has 2 saturated heterocycles. The van der Waals surface area contributed by atoms with Crippen molar-refractivity contribution in [3.05, 3.63) is 0 Å². The van der Waals surface area contributed by atoms with Crippen LogP contribution in [0.15, 0.2) is 0 Å². The van der Waals surface area contributed by atoms with Gasteiger partial charge in [-0.3, -0.25) is 0 Å². The highest BCUT2D eigenvalue weighted by molar-refractivity contribution is 5.74. The normalized spacial score (nSPS) is 29.8. The molecule has 0 radical (unpaired) electrons. The van der Waals surface area contributed by atoms with Gasteiger partial charge in [0.05, 0.1) is 6.10 Å². The van der Waals surface area contributed by atoms with E-state index in [2.05, 4.69) is 10.2 Å². The monoisotopic (exact) mass is 295 g/mol. The van der Waals surface area contributed by atoms with Crippen LogP contribution in [0.4, 0.5) is 4.79 Å². The van der Waals surface area contributed by atoms with E-state index in [0.717, 1.165) is 51.4 Å². The van der Waals surface area contributed by atoms with Crippen LogP contribution >= 0.6 is 0 Å². The third kappa shape index (κ3) is 3.89. The summed E-state index contributed by atoms with van der Waals surface area (Å²) in [6.45, 7) is 3.52. The number of likely N-dealkylation sites (tertiary alicyclic amines) is 2. The van der Waals surface area contributed by atoms with Crippen molar-refractivity contribution in [1.82, 2.24) is 15.1 Å². The summed E-state index contributed by atoms with van der Waals surface area (Å²) in [5, 5.41) is 12.8. The van der Waals surface area contributed by atoms with Crippen LogP contribution in [0.2, 0.25) is 0 Å². The number of amides is 2. The van der Waals surface area contributed by atoms with Gasteiger partial charge in [0.2, 0.25) is 0 Å². The molecule has 5 heteroatoms. The van der Waals surface area contributed by atoms with Crippen molar-refractivity contribution in [2.75, 3.05) is 26.2 Å². The molecular weight excluding hydrogens is 266 g/mol. The first kappa shape index (κ1) is 15.1. The van der Waals surface area contributed by atoms with Gasteiger partial charge in [-0.05, 0) is 38.5 Å². The molecule has 0 aromatic rings. The van der Waals surface area contributed by atoms with E-state index >= 15 is 0 Å². The van der Waals surface area contributed by atoms with Crippen molar-refractivity contribution in [1.29, 1.82) is 0 Å². The fraction of sp³-hybridized carbons (Fsp3) is 0.938. The van der Waals surface area contributed by atoms with Gasteiger partial charge in [0.25, 0.3) is 0 Å². The van der Waals surface area contributed by atoms with Crippen molar-refractivity contribution in [3.63, 3.8) is 0 Å². The lowest BCUT2D eigenvalue weighted by atomic mass is 10.0. The van der Waals surface area contributed by atoms with Gasteiger partial charge in [0.1, 0.15) is 0 Å². The van der Waals surface area contributed by atoms with Crippen LogP contribution in [0.3, 0.4) is 0 Å². The molecule has 3 rings (SSSR count). The molecule has 1 atom stereocenters. The average Bonchev–Trinajstić information content (AvgIpc) is 3.02. The van der Waals surface area contributed by atoms with Gasteiger partial charge in [-0.1, -0.05) is 12.8 Å². The lowest BCUT2D eigenvalue weighted by Gasteiger charge is -2.37. The Kier molecular flexibility index (Phi) is 5.01. The molecule has 0 bridgehead atoms. The molecule has 1 aliphatic carbocycles. The lowest BCUT2D eigenvalue weighted by molar-refractivity contribution is 0.0808. The number of carbonyl (C=O) groups excluding carboxylic acids is 1. The summed E-state index contributed by atoms with van der Waals surface area (Å²) in [5.41, 5.74) is 0. The Bertz CT molecular complexity index is 349. The van der Waals surface area contributed by atoms with Gasteiger partial charge < -0.3 is 20.2 Å². The number of β-amino-alcohol motifs (C(OH)–C–C–N with tert-alkyl or cyclic N) is 1. The van der Waals surface area contributed by atoms with E-state index < -0.39 is 0 Å². The SMILES string of the molecule is O=C(NC1CCN(C2CCCC2)CC1)N1CCCC(O)C1. The van der Waals surface area contributed by atoms with Crippen LogP contribution in [0.25, 0.3) is 0 Å². The van der Waals surface area contributed by atoms with Crippen molar-refractivity contribution in [2.45, 2.75) is 69.6 Å². The minimum Gasteiger partial charge on any atom is -0.391 e. The van der Waals surface area contributed by atoms with E-state index in [0.29, 0.717) is 12.6 Å². The van der Waals surface area contributed by atoms with Crippen LogP contribution in [0, 0.1) is 0 Å². The number of hydrogen-bond acceptors (Lipinski definition) is 3. The molecule has 5 nitrogen and oxygen atoms in total. The highest BCUT2D eigenvalue weighted by Crippen LogP contribution is 2.26. The molecule has 21 heavy (non-hydrogen) atoms. The largest absolute Gasteiger partial charge is 0.391 e. The molecule has 0 spiro atoms. The predicted octanol–water partition coefficient (Wildman–Crippen LogP) is 1.56. The van der Waals surface area contributed by atoms with E-state index in [1.807, 2.05) is 0 Å². The maximum Gasteiger partial charge on any atom is 0.317 e. The molecule has 120 valence electrons. The number of aliphatic hydroxyl groups excluding tert-OH is 1. The Labute approximate surface area is 127 Å². The van der Waals surface area contributed by atoms with Crippen molar-refractivity contribution in [3.8, 4) is 0 Å². The summed E-state index contributed by atoms with van der Waals surface area (Å²) >= 11 is 0. The first-order valence-corrected chi connectivity index (χ1v) is 8.70. The Morgan fingerprint density at radius 3 is 2.33 bits per heavy atom. The van der Waals surface area contributed by atoms with E-state index in [4.69, 9.17) is 0 Å². The molecule has 0 aromatic heterocycles. The van der Waals surface area contributed by atoms with Crippen molar-refractivity contribution in [2.24, 2.45) is 0 Å². The Hall–Kier alpha value is -0.810. The van der Waals surface area contributed by atoms with Crippen molar-refractivity contribution < 1.29 is 9.90 Å². The molecule has 3 fully saturated rings. The number of piperidine rings is 2. The highest BCUT2D eigenvalue weighted by atomic mass is 16.3. The second-order valence-electron chi connectivity index (χ2n) is 6.94. The summed E-state index contributed by atoms with van der Waals surface area (Å²) in [5.74, 6) is 0. The van der Waals surface area contributed by atoms with Gasteiger partial charge in [-0.15, -0.1) is 0 Å². The Morgan fingerprint density at radius 1 is 0.952 bits per heavy atom. The zero-order chi connectivity index (χ0) is 14.7. The Balaban J connectivity index is 1.41. The summed E-state index contributed by atoms with van der Waals surface area (Å²) in [4.78, 5) is 16.6. The molecule has 1 unspecified atom stereocenters. The topological polar surface area (TPSA) is 55.8 Å². The van der Waals surface area contributed by atoms with Gasteiger partial charge in [0.15, 0.2) is 0 Å². The van der Waals surface area contributed by atoms with Crippen LogP contribution in [0.5, 0.6) is 0 Å². The average molecular weight is 295 g/mol. The number of aliphatic hydroxyl groups is 1. The minimum absolute atomic E-state index is 0.0214. The Morgan fingerprint density at radius 2 is 1.67 bits per heavy atom. The first-order valence-electron chi connectivity index (χ1n) is 8.70. The summed E-state index contributed by atoms with van der Waals surface area (Å²) in [7, 11) is 0. The zero-order valence-corrected chi connectivity index (χ0v) is 13.0. The van der Waals surface area contributed by atoms with E-state index in [-0.39, 0.29) is 12.1 Å². The fourth-order valence-electron chi connectivity index (χ4n) is 4.08. The molecule has 2 aliphatic heterocycles. The molecule has 2 amide bonds. The van der Waals surface area contributed by atoms with Crippen LogP contribution in [-0.4, -0.2) is 65.3 Å². The van der Waals surface area contributed by atoms with Gasteiger partial charge >= 0.3 is 6.03 Å². The maximum atomic E-state index is 12.2. The number of urea groups is 1.